The van der Waals surface area contributed by atoms with Gasteiger partial charge < -0.3 is 5.32 Å². The molecule has 6 heteroatoms. The molecule has 1 saturated carbocycles. The molecule has 2 aromatic rings. The first-order valence-corrected chi connectivity index (χ1v) is 9.35. The molecule has 6 nitrogen and oxygen atoms in total. The Morgan fingerprint density at radius 2 is 2.04 bits per heavy atom. The molecule has 4 heterocycles. The lowest BCUT2D eigenvalue weighted by atomic mass is 9.70. The second kappa shape index (κ2) is 5.82. The number of aliphatic imine (C=N–C) groups is 1. The molecule has 1 unspecified atom stereocenters. The van der Waals surface area contributed by atoms with E-state index in [0.29, 0.717) is 12.0 Å². The third-order valence-electron chi connectivity index (χ3n) is 5.96. The molecule has 2 aromatic heterocycles. The van der Waals surface area contributed by atoms with Crippen LogP contribution in [0.3, 0.4) is 0 Å². The normalized spacial score (nSPS) is 28.4. The number of likely N-dealkylation sites (N-methyl/N-ethyl adjacent to an activating group) is 1. The molecule has 1 fully saturated rings. The van der Waals surface area contributed by atoms with Gasteiger partial charge in [-0.3, -0.25) is 4.98 Å². The van der Waals surface area contributed by atoms with E-state index in [1.54, 1.807) is 12.4 Å². The number of quaternary nitrogens is 1. The van der Waals surface area contributed by atoms with Crippen molar-refractivity contribution in [3.63, 3.8) is 0 Å². The Morgan fingerprint density at radius 3 is 2.89 bits per heavy atom. The predicted molar refractivity (Wildman–Crippen MR) is 105 cm³/mol. The minimum Gasteiger partial charge on any atom is -0.367 e. The number of carbonyl (C=O) groups excluding carboxylic acids is 1. The van der Waals surface area contributed by atoms with E-state index in [4.69, 9.17) is 0 Å². The molecule has 0 aromatic carbocycles. The number of amides is 1. The number of nitrogens with zero attached hydrogens (tertiary/aromatic N) is 4. The number of fused-ring (bicyclic) bond motifs is 2. The number of amidine groups is 1. The molecule has 0 saturated heterocycles. The maximum absolute atomic E-state index is 13.0. The van der Waals surface area contributed by atoms with Crippen molar-refractivity contribution in [2.45, 2.75) is 18.9 Å². The van der Waals surface area contributed by atoms with Gasteiger partial charge in [-0.05, 0) is 43.0 Å². The number of hydrogen-bond donors (Lipinski definition) is 1. The second-order valence-electron chi connectivity index (χ2n) is 8.05. The largest absolute Gasteiger partial charge is 0.367 e. The van der Waals surface area contributed by atoms with Crippen LogP contribution in [0, 0.1) is 11.8 Å². The molecule has 0 spiro atoms. The van der Waals surface area contributed by atoms with Gasteiger partial charge in [-0.25, -0.2) is 19.3 Å². The number of aromatic nitrogens is 2. The number of rotatable bonds is 3. The van der Waals surface area contributed by atoms with Gasteiger partial charge in [-0.1, -0.05) is 6.08 Å². The van der Waals surface area contributed by atoms with Crippen molar-refractivity contribution in [1.29, 1.82) is 0 Å². The quantitative estimate of drug-likeness (QED) is 0.855. The van der Waals surface area contributed by atoms with Crippen molar-refractivity contribution in [2.24, 2.45) is 16.8 Å². The fraction of sp³-hybridized carbons (Fsp3) is 0.333. The van der Waals surface area contributed by atoms with E-state index in [9.17, 15) is 4.79 Å². The van der Waals surface area contributed by atoms with Crippen molar-refractivity contribution in [3.8, 4) is 0 Å². The van der Waals surface area contributed by atoms with Crippen molar-refractivity contribution in [1.82, 2.24) is 9.97 Å². The summed E-state index contributed by atoms with van der Waals surface area (Å²) in [5.74, 6) is 2.32. The SMILES string of the molecule is C[N+]1(C)C(=O)C(C2CC(Nc3ccc4cnccc4n3)C2)C=C2C=CN=C21. The molecule has 136 valence electrons. The van der Waals surface area contributed by atoms with Gasteiger partial charge in [-0.15, -0.1) is 0 Å². The van der Waals surface area contributed by atoms with E-state index >= 15 is 0 Å². The zero-order chi connectivity index (χ0) is 18.6. The summed E-state index contributed by atoms with van der Waals surface area (Å²) in [5, 5.41) is 4.55. The van der Waals surface area contributed by atoms with Crippen LogP contribution in [0.25, 0.3) is 10.9 Å². The van der Waals surface area contributed by atoms with Gasteiger partial charge in [0.2, 0.25) is 5.84 Å². The first-order valence-electron chi connectivity index (χ1n) is 9.35. The highest BCUT2D eigenvalue weighted by molar-refractivity contribution is 6.06. The summed E-state index contributed by atoms with van der Waals surface area (Å²) >= 11 is 0. The molecule has 1 amide bonds. The lowest BCUT2D eigenvalue weighted by molar-refractivity contribution is -0.720. The first kappa shape index (κ1) is 16.3. The van der Waals surface area contributed by atoms with Gasteiger partial charge in [0.05, 0.1) is 31.1 Å². The Morgan fingerprint density at radius 1 is 1.19 bits per heavy atom. The van der Waals surface area contributed by atoms with E-state index in [-0.39, 0.29) is 16.3 Å². The molecule has 5 rings (SSSR count). The van der Waals surface area contributed by atoms with Crippen molar-refractivity contribution < 1.29 is 9.28 Å². The Kier molecular flexibility index (Phi) is 3.52. The van der Waals surface area contributed by atoms with Gasteiger partial charge in [0.15, 0.2) is 0 Å². The van der Waals surface area contributed by atoms with Gasteiger partial charge in [0.25, 0.3) is 0 Å². The monoisotopic (exact) mass is 360 g/mol. The number of nitrogens with one attached hydrogen (secondary N) is 1. The summed E-state index contributed by atoms with van der Waals surface area (Å²) in [6.45, 7) is 0. The summed E-state index contributed by atoms with van der Waals surface area (Å²) in [6.07, 6.45) is 11.5. The maximum atomic E-state index is 13.0. The first-order chi connectivity index (χ1) is 13.0. The van der Waals surface area contributed by atoms with E-state index in [1.807, 2.05) is 44.6 Å². The summed E-state index contributed by atoms with van der Waals surface area (Å²) in [7, 11) is 3.88. The molecule has 27 heavy (non-hydrogen) atoms. The molecule has 0 bridgehead atoms. The highest BCUT2D eigenvalue weighted by Gasteiger charge is 2.50. The average molecular weight is 360 g/mol. The zero-order valence-corrected chi connectivity index (χ0v) is 15.5. The third kappa shape index (κ3) is 2.59. The van der Waals surface area contributed by atoms with E-state index in [0.717, 1.165) is 41.0 Å². The summed E-state index contributed by atoms with van der Waals surface area (Å²) in [4.78, 5) is 26.2. The maximum Gasteiger partial charge on any atom is 0.326 e. The Bertz CT molecular complexity index is 1030. The van der Waals surface area contributed by atoms with Crippen LogP contribution >= 0.6 is 0 Å². The number of hydrogen-bond acceptors (Lipinski definition) is 5. The van der Waals surface area contributed by atoms with Crippen molar-refractivity contribution in [3.05, 3.63) is 54.5 Å². The van der Waals surface area contributed by atoms with E-state index in [2.05, 4.69) is 26.4 Å². The van der Waals surface area contributed by atoms with E-state index in [1.165, 1.54) is 0 Å². The second-order valence-corrected chi connectivity index (χ2v) is 8.05. The van der Waals surface area contributed by atoms with Crippen LogP contribution in [0.1, 0.15) is 12.8 Å². The molecular formula is C21H22N5O+. The average Bonchev–Trinajstić information content (AvgIpc) is 3.11. The molecule has 1 aliphatic carbocycles. The Labute approximate surface area is 157 Å². The number of anilines is 1. The van der Waals surface area contributed by atoms with Crippen LogP contribution in [0.5, 0.6) is 0 Å². The minimum absolute atomic E-state index is 0.0367. The zero-order valence-electron chi connectivity index (χ0n) is 15.5. The van der Waals surface area contributed by atoms with E-state index < -0.39 is 0 Å². The Hall–Kier alpha value is -2.86. The molecular weight excluding hydrogens is 338 g/mol. The van der Waals surface area contributed by atoms with Crippen LogP contribution in [0.15, 0.2) is 59.5 Å². The van der Waals surface area contributed by atoms with Crippen molar-refractivity contribution >= 4 is 28.5 Å². The summed E-state index contributed by atoms with van der Waals surface area (Å²) in [5.41, 5.74) is 2.04. The van der Waals surface area contributed by atoms with Crippen molar-refractivity contribution in [2.75, 3.05) is 19.4 Å². The van der Waals surface area contributed by atoms with Gasteiger partial charge in [0.1, 0.15) is 5.82 Å². The highest BCUT2D eigenvalue weighted by Crippen LogP contribution is 2.41. The van der Waals surface area contributed by atoms with Crippen LogP contribution in [0.4, 0.5) is 5.82 Å². The minimum atomic E-state index is -0.0367. The molecule has 1 atom stereocenters. The molecule has 1 N–H and O–H groups in total. The lowest BCUT2D eigenvalue weighted by Gasteiger charge is -2.43. The van der Waals surface area contributed by atoms with Crippen LogP contribution in [-0.4, -0.2) is 46.3 Å². The standard InChI is InChI=1S/C21H22N5O/c1-26(2)20-13(5-8-23-20)11-17(21(26)27)15-9-16(10-15)24-19-4-3-14-12-22-7-6-18(14)25-19/h3-8,11-12,15-17H,9-10H2,1-2H3,(H,24,25)/q+1. The van der Waals surface area contributed by atoms with Crippen LogP contribution in [-0.2, 0) is 4.79 Å². The number of pyridine rings is 2. The lowest BCUT2D eigenvalue weighted by Crippen LogP contribution is -2.58. The molecule has 0 radical (unpaired) electrons. The fourth-order valence-electron chi connectivity index (χ4n) is 4.34. The van der Waals surface area contributed by atoms with Gasteiger partial charge >= 0.3 is 5.91 Å². The highest BCUT2D eigenvalue weighted by atomic mass is 16.2. The topological polar surface area (TPSA) is 67.2 Å². The number of carbonyl (C=O) groups is 1. The predicted octanol–water partition coefficient (Wildman–Crippen LogP) is 2.91. The third-order valence-corrected chi connectivity index (χ3v) is 5.96. The van der Waals surface area contributed by atoms with Gasteiger partial charge in [0, 0.05) is 30.0 Å². The smallest absolute Gasteiger partial charge is 0.326 e. The summed E-state index contributed by atoms with van der Waals surface area (Å²) < 4.78 is 0.234. The Balaban J connectivity index is 1.29. The molecule has 2 aliphatic heterocycles. The van der Waals surface area contributed by atoms with Crippen LogP contribution in [0.2, 0.25) is 0 Å². The summed E-state index contributed by atoms with van der Waals surface area (Å²) in [6, 6.07) is 6.32. The fourth-order valence-corrected chi connectivity index (χ4v) is 4.34. The molecule has 3 aliphatic rings. The van der Waals surface area contributed by atoms with Crippen LogP contribution < -0.4 is 5.32 Å². The van der Waals surface area contributed by atoms with Gasteiger partial charge in [-0.2, -0.15) is 0 Å².